The molecule has 0 atom stereocenters. The maximum absolute atomic E-state index is 14.1. The second kappa shape index (κ2) is 9.29. The molecule has 2 N–H and O–H groups in total. The van der Waals surface area contributed by atoms with E-state index < -0.39 is 28.0 Å². The smallest absolute Gasteiger partial charge is 0.271 e. The number of non-ortho nitro benzene ring substituents is 1. The van der Waals surface area contributed by atoms with Gasteiger partial charge in [-0.1, -0.05) is 12.8 Å². The number of aromatic nitrogens is 2. The van der Waals surface area contributed by atoms with Crippen molar-refractivity contribution in [3.05, 3.63) is 64.0 Å². The highest BCUT2D eigenvalue weighted by atomic mass is 19.1. The lowest BCUT2D eigenvalue weighted by Crippen LogP contribution is -2.16. The number of nitro groups is 1. The predicted molar refractivity (Wildman–Crippen MR) is 105 cm³/mol. The molecule has 1 aromatic heterocycles. The molecule has 0 unspecified atom stereocenters. The summed E-state index contributed by atoms with van der Waals surface area (Å²) in [4.78, 5) is 25.7. The Labute approximate surface area is 170 Å². The third kappa shape index (κ3) is 4.70. The van der Waals surface area contributed by atoms with Crippen LogP contribution in [0.25, 0.3) is 11.0 Å². The summed E-state index contributed by atoms with van der Waals surface area (Å²) in [5.41, 5.74) is 5.60. The van der Waals surface area contributed by atoms with E-state index in [2.05, 4.69) is 4.98 Å². The standard InChI is InChI=1S/C20H20F2N4O4/c21-14-6-8-17(19(22)18(14)20(23)27)30-10-4-2-1-3-9-25-12-24-15-11-13(26(28)29)5-7-16(15)25/h5-8,11-12H,1-4,9-10H2,(H2,23,27). The highest BCUT2D eigenvalue weighted by Gasteiger charge is 2.19. The van der Waals surface area contributed by atoms with Crippen molar-refractivity contribution in [2.75, 3.05) is 6.61 Å². The number of hydrogen-bond acceptors (Lipinski definition) is 5. The van der Waals surface area contributed by atoms with E-state index >= 15 is 0 Å². The Morgan fingerprint density at radius 1 is 1.17 bits per heavy atom. The largest absolute Gasteiger partial charge is 0.490 e. The van der Waals surface area contributed by atoms with E-state index in [1.807, 2.05) is 4.57 Å². The zero-order chi connectivity index (χ0) is 21.7. The summed E-state index contributed by atoms with van der Waals surface area (Å²) in [6.07, 6.45) is 4.88. The minimum atomic E-state index is -1.18. The van der Waals surface area contributed by atoms with Gasteiger partial charge in [-0.2, -0.15) is 0 Å². The molecule has 10 heteroatoms. The number of primary amides is 1. The number of carbonyl (C=O) groups is 1. The summed E-state index contributed by atoms with van der Waals surface area (Å²) in [7, 11) is 0. The minimum absolute atomic E-state index is 0.00768. The maximum atomic E-state index is 14.1. The van der Waals surface area contributed by atoms with E-state index in [0.717, 1.165) is 36.9 Å². The van der Waals surface area contributed by atoms with Gasteiger partial charge in [-0.15, -0.1) is 0 Å². The van der Waals surface area contributed by atoms with E-state index in [0.29, 0.717) is 18.5 Å². The van der Waals surface area contributed by atoms with E-state index in [4.69, 9.17) is 10.5 Å². The van der Waals surface area contributed by atoms with Crippen LogP contribution in [0.4, 0.5) is 14.5 Å². The lowest BCUT2D eigenvalue weighted by molar-refractivity contribution is -0.384. The Hall–Kier alpha value is -3.56. The van der Waals surface area contributed by atoms with Gasteiger partial charge < -0.3 is 15.0 Å². The van der Waals surface area contributed by atoms with Gasteiger partial charge in [-0.3, -0.25) is 14.9 Å². The fourth-order valence-electron chi connectivity index (χ4n) is 3.13. The number of ether oxygens (including phenoxy) is 1. The topological polar surface area (TPSA) is 113 Å². The maximum Gasteiger partial charge on any atom is 0.271 e. The Balaban J connectivity index is 1.42. The number of hydrogen-bond donors (Lipinski definition) is 1. The molecule has 0 saturated carbocycles. The zero-order valence-electron chi connectivity index (χ0n) is 16.0. The Morgan fingerprint density at radius 3 is 2.67 bits per heavy atom. The molecular weight excluding hydrogens is 398 g/mol. The number of amides is 1. The van der Waals surface area contributed by atoms with Gasteiger partial charge in [0, 0.05) is 18.7 Å². The summed E-state index contributed by atoms with van der Waals surface area (Å²) in [5, 5.41) is 10.8. The average Bonchev–Trinajstić information content (AvgIpc) is 3.10. The highest BCUT2D eigenvalue weighted by molar-refractivity contribution is 5.93. The van der Waals surface area contributed by atoms with Crippen molar-refractivity contribution in [3.8, 4) is 5.75 Å². The van der Waals surface area contributed by atoms with E-state index in [1.54, 1.807) is 12.4 Å². The first kappa shape index (κ1) is 21.2. The van der Waals surface area contributed by atoms with Gasteiger partial charge in [0.2, 0.25) is 0 Å². The molecule has 0 aliphatic rings. The third-order valence-electron chi connectivity index (χ3n) is 4.67. The molecule has 30 heavy (non-hydrogen) atoms. The first-order valence-corrected chi connectivity index (χ1v) is 9.38. The number of rotatable bonds is 10. The van der Waals surface area contributed by atoms with Crippen LogP contribution in [0.15, 0.2) is 36.7 Å². The molecule has 1 heterocycles. The number of nitro benzene ring substituents is 1. The molecule has 0 aliphatic carbocycles. The first-order valence-electron chi connectivity index (χ1n) is 9.38. The van der Waals surface area contributed by atoms with Crippen LogP contribution in [0.1, 0.15) is 36.0 Å². The Bertz CT molecular complexity index is 1080. The van der Waals surface area contributed by atoms with Gasteiger partial charge in [0.25, 0.3) is 11.6 Å². The normalized spacial score (nSPS) is 11.0. The molecule has 158 valence electrons. The number of nitrogens with two attached hydrogens (primary N) is 1. The fraction of sp³-hybridized carbons (Fsp3) is 0.300. The van der Waals surface area contributed by atoms with Crippen molar-refractivity contribution in [1.82, 2.24) is 9.55 Å². The molecule has 2 aromatic carbocycles. The quantitative estimate of drug-likeness (QED) is 0.304. The number of halogens is 2. The summed E-state index contributed by atoms with van der Waals surface area (Å²) < 4.78 is 34.7. The summed E-state index contributed by atoms with van der Waals surface area (Å²) in [6, 6.07) is 6.66. The molecule has 1 amide bonds. The van der Waals surface area contributed by atoms with Gasteiger partial charge in [-0.05, 0) is 31.0 Å². The summed E-state index contributed by atoms with van der Waals surface area (Å²) >= 11 is 0. The van der Waals surface area contributed by atoms with Crippen LogP contribution < -0.4 is 10.5 Å². The van der Waals surface area contributed by atoms with Crippen LogP contribution >= 0.6 is 0 Å². The number of nitrogens with zero attached hydrogens (tertiary/aromatic N) is 3. The van der Waals surface area contributed by atoms with Crippen molar-refractivity contribution in [2.45, 2.75) is 32.2 Å². The van der Waals surface area contributed by atoms with E-state index in [9.17, 15) is 23.7 Å². The summed E-state index contributed by atoms with van der Waals surface area (Å²) in [6.45, 7) is 0.933. The third-order valence-corrected chi connectivity index (χ3v) is 4.67. The lowest BCUT2D eigenvalue weighted by atomic mass is 10.1. The number of fused-ring (bicyclic) bond motifs is 1. The van der Waals surface area contributed by atoms with Crippen molar-refractivity contribution in [3.63, 3.8) is 0 Å². The molecule has 0 radical (unpaired) electrons. The lowest BCUT2D eigenvalue weighted by Gasteiger charge is -2.10. The van der Waals surface area contributed by atoms with Gasteiger partial charge >= 0.3 is 0 Å². The van der Waals surface area contributed by atoms with Gasteiger partial charge in [0.1, 0.15) is 11.4 Å². The zero-order valence-corrected chi connectivity index (χ0v) is 16.0. The average molecular weight is 418 g/mol. The van der Waals surface area contributed by atoms with Crippen molar-refractivity contribution >= 4 is 22.6 Å². The number of aryl methyl sites for hydroxylation is 1. The van der Waals surface area contributed by atoms with Gasteiger partial charge in [0.15, 0.2) is 11.6 Å². The van der Waals surface area contributed by atoms with Crippen LogP contribution in [-0.2, 0) is 6.54 Å². The van der Waals surface area contributed by atoms with Crippen molar-refractivity contribution < 1.29 is 23.2 Å². The van der Waals surface area contributed by atoms with Gasteiger partial charge in [-0.25, -0.2) is 13.8 Å². The first-order chi connectivity index (χ1) is 14.4. The molecule has 0 bridgehead atoms. The van der Waals surface area contributed by atoms with Crippen LogP contribution in [0.5, 0.6) is 5.75 Å². The SMILES string of the molecule is NC(=O)c1c(F)ccc(OCCCCCCn2cnc3cc([N+](=O)[O-])ccc32)c1F. The van der Waals surface area contributed by atoms with E-state index in [-0.39, 0.29) is 18.0 Å². The molecule has 0 spiro atoms. The Kier molecular flexibility index (Phi) is 6.55. The second-order valence-corrected chi connectivity index (χ2v) is 6.73. The van der Waals surface area contributed by atoms with Crippen molar-refractivity contribution in [1.29, 1.82) is 0 Å². The molecule has 0 aliphatic heterocycles. The summed E-state index contributed by atoms with van der Waals surface area (Å²) in [5.74, 6) is -3.50. The number of benzene rings is 2. The predicted octanol–water partition coefficient (Wildman–Crippen LogP) is 3.96. The van der Waals surface area contributed by atoms with Crippen molar-refractivity contribution in [2.24, 2.45) is 5.73 Å². The van der Waals surface area contributed by atoms with Crippen LogP contribution in [0.3, 0.4) is 0 Å². The number of imidazole rings is 1. The molecule has 8 nitrogen and oxygen atoms in total. The number of carbonyl (C=O) groups excluding carboxylic acids is 1. The van der Waals surface area contributed by atoms with Crippen LogP contribution in [0.2, 0.25) is 0 Å². The number of unbranched alkanes of at least 4 members (excludes halogenated alkanes) is 3. The van der Waals surface area contributed by atoms with Crippen LogP contribution in [-0.4, -0.2) is 27.0 Å². The second-order valence-electron chi connectivity index (χ2n) is 6.73. The monoisotopic (exact) mass is 418 g/mol. The Morgan fingerprint density at radius 2 is 1.93 bits per heavy atom. The van der Waals surface area contributed by atoms with Crippen LogP contribution in [0, 0.1) is 21.7 Å². The molecule has 0 saturated heterocycles. The molecule has 3 aromatic rings. The van der Waals surface area contributed by atoms with Gasteiger partial charge in [0.05, 0.1) is 28.9 Å². The molecule has 0 fully saturated rings. The highest BCUT2D eigenvalue weighted by Crippen LogP contribution is 2.23. The van der Waals surface area contributed by atoms with E-state index in [1.165, 1.54) is 12.1 Å². The fourth-order valence-corrected chi connectivity index (χ4v) is 3.13. The molecular formula is C20H20F2N4O4. The minimum Gasteiger partial charge on any atom is -0.490 e. The molecule has 3 rings (SSSR count).